The lowest BCUT2D eigenvalue weighted by molar-refractivity contribution is -0.606. The smallest absolute Gasteiger partial charge is 0.269 e. The fraction of sp³-hybridized carbons (Fsp3) is 0.214. The van der Waals surface area contributed by atoms with Gasteiger partial charge in [0, 0.05) is 33.9 Å². The summed E-state index contributed by atoms with van der Waals surface area (Å²) in [6, 6.07) is 56.2. The van der Waals surface area contributed by atoms with Crippen molar-refractivity contribution in [3.05, 3.63) is 209 Å². The minimum Gasteiger partial charge on any atom is -0.458 e. The second-order valence-electron chi connectivity index (χ2n) is 18.5. The normalized spacial score (nSPS) is 12.3. The molecule has 0 radical (unpaired) electrons. The van der Waals surface area contributed by atoms with Gasteiger partial charge in [-0.05, 0) is 108 Å². The van der Waals surface area contributed by atoms with Crippen LogP contribution >= 0.6 is 0 Å². The van der Waals surface area contributed by atoms with Gasteiger partial charge in [-0.3, -0.25) is 13.7 Å². The number of fused-ring (bicyclic) bond motifs is 3. The Balaban J connectivity index is 1.16. The van der Waals surface area contributed by atoms with Crippen LogP contribution in [0, 0.1) is 20.2 Å². The van der Waals surface area contributed by atoms with E-state index in [2.05, 4.69) is 240 Å². The van der Waals surface area contributed by atoms with Crippen LogP contribution in [0.5, 0.6) is 11.5 Å². The third-order valence-electron chi connectivity index (χ3n) is 12.8. The van der Waals surface area contributed by atoms with Crippen molar-refractivity contribution < 1.29 is 9.30 Å². The zero-order valence-electron chi connectivity index (χ0n) is 36.8. The van der Waals surface area contributed by atoms with Crippen LogP contribution in [-0.2, 0) is 16.2 Å². The fourth-order valence-corrected chi connectivity index (χ4v) is 8.69. The van der Waals surface area contributed by atoms with Crippen molar-refractivity contribution >= 4 is 21.8 Å². The zero-order chi connectivity index (χ0) is 42.7. The van der Waals surface area contributed by atoms with E-state index in [0.29, 0.717) is 0 Å². The number of hydrogen-bond acceptors (Lipinski definition) is 2. The van der Waals surface area contributed by atoms with Crippen molar-refractivity contribution in [3.63, 3.8) is 0 Å². The Morgan fingerprint density at radius 1 is 0.525 bits per heavy atom. The van der Waals surface area contributed by atoms with Gasteiger partial charge in [0.2, 0.25) is 0 Å². The van der Waals surface area contributed by atoms with Crippen LogP contribution in [0.1, 0.15) is 87.7 Å². The fourth-order valence-electron chi connectivity index (χ4n) is 8.69. The van der Waals surface area contributed by atoms with Gasteiger partial charge in [-0.2, -0.15) is 0 Å². The third-order valence-corrected chi connectivity index (χ3v) is 12.8. The Morgan fingerprint density at radius 3 is 1.87 bits per heavy atom. The largest absolute Gasteiger partial charge is 0.458 e. The van der Waals surface area contributed by atoms with Crippen molar-refractivity contribution in [2.24, 2.45) is 0 Å². The summed E-state index contributed by atoms with van der Waals surface area (Å²) in [7, 11) is 0. The molecule has 304 valence electrons. The standard InChI is InChI=1S/C56H54N4O/c1-38-39(2)59(37-58(38)45-24-18-23-43(31-45)55(6,7)40-19-12-10-13-20-40)46-32-44(56(8,9)41-21-14-11-15-22-41)33-48(35-46)61-47-27-28-50-49-25-16-17-26-51(49)60(52(50)36-47)53-34-42(29-30-57-53)54(3,4)5/h10-36H,1-9H3. The maximum atomic E-state index is 6.97. The summed E-state index contributed by atoms with van der Waals surface area (Å²) in [4.78, 5) is 4.91. The summed E-state index contributed by atoms with van der Waals surface area (Å²) in [6.07, 6.45) is 5.68. The molecule has 0 saturated heterocycles. The van der Waals surface area contributed by atoms with E-state index in [1.165, 1.54) is 27.6 Å². The second-order valence-corrected chi connectivity index (χ2v) is 18.5. The lowest BCUT2D eigenvalue weighted by Crippen LogP contribution is -2.33. The van der Waals surface area contributed by atoms with Crippen LogP contribution in [0.2, 0.25) is 0 Å². The third kappa shape index (κ3) is 7.22. The molecule has 5 heteroatoms. The first-order valence-electron chi connectivity index (χ1n) is 21.3. The van der Waals surface area contributed by atoms with Gasteiger partial charge in [0.25, 0.3) is 6.33 Å². The summed E-state index contributed by atoms with van der Waals surface area (Å²) in [6.45, 7) is 20.2. The van der Waals surface area contributed by atoms with Gasteiger partial charge in [-0.15, -0.1) is 0 Å². The van der Waals surface area contributed by atoms with Gasteiger partial charge >= 0.3 is 0 Å². The average molecular weight is 799 g/mol. The van der Waals surface area contributed by atoms with E-state index in [0.717, 1.165) is 62.1 Å². The van der Waals surface area contributed by atoms with Crippen LogP contribution in [0.3, 0.4) is 0 Å². The van der Waals surface area contributed by atoms with Gasteiger partial charge in [0.1, 0.15) is 17.3 Å². The molecular weight excluding hydrogens is 745 g/mol. The first kappa shape index (κ1) is 39.7. The number of ether oxygens (including phenoxy) is 1. The van der Waals surface area contributed by atoms with E-state index < -0.39 is 0 Å². The molecule has 0 fully saturated rings. The monoisotopic (exact) mass is 798 g/mol. The molecule has 9 aromatic rings. The number of imidazole rings is 1. The summed E-state index contributed by atoms with van der Waals surface area (Å²) in [5.74, 6) is 2.39. The summed E-state index contributed by atoms with van der Waals surface area (Å²) < 4.78 is 13.6. The molecule has 0 N–H and O–H groups in total. The number of benzene rings is 6. The number of nitrogens with zero attached hydrogens (tertiary/aromatic N) is 4. The van der Waals surface area contributed by atoms with Gasteiger partial charge < -0.3 is 4.74 Å². The predicted octanol–water partition coefficient (Wildman–Crippen LogP) is 13.4. The zero-order valence-corrected chi connectivity index (χ0v) is 36.8. The lowest BCUT2D eigenvalue weighted by atomic mass is 9.78. The van der Waals surface area contributed by atoms with Crippen LogP contribution < -0.4 is 9.30 Å². The number of rotatable bonds is 9. The van der Waals surface area contributed by atoms with Crippen LogP contribution in [0.15, 0.2) is 164 Å². The van der Waals surface area contributed by atoms with Crippen LogP contribution in [0.25, 0.3) is 39.0 Å². The molecular formula is C56H54N4O. The molecule has 0 spiro atoms. The molecule has 0 amide bonds. The first-order chi connectivity index (χ1) is 29.2. The summed E-state index contributed by atoms with van der Waals surface area (Å²) in [5.41, 5.74) is 12.1. The van der Waals surface area contributed by atoms with E-state index in [4.69, 9.17) is 9.72 Å². The maximum absolute atomic E-state index is 6.97. The molecule has 0 saturated carbocycles. The molecule has 9 rings (SSSR count). The molecule has 0 aliphatic heterocycles. The van der Waals surface area contributed by atoms with Gasteiger partial charge in [-0.1, -0.05) is 139 Å². The molecule has 5 nitrogen and oxygen atoms in total. The SMILES string of the molecule is Cc1c(C)[n+](-c2cccc(C(C)(C)c3ccccc3)c2)[c-]n1-c1cc(Oc2ccc3c4ccccc4n(-c4cc(C(C)(C)C)ccn4)c3c2)cc(C(C)(C)c2ccccc2)c1. The highest BCUT2D eigenvalue weighted by atomic mass is 16.5. The highest BCUT2D eigenvalue weighted by Gasteiger charge is 2.27. The molecule has 0 aliphatic rings. The minimum atomic E-state index is -0.321. The molecule has 3 aromatic heterocycles. The highest BCUT2D eigenvalue weighted by molar-refractivity contribution is 6.09. The summed E-state index contributed by atoms with van der Waals surface area (Å²) in [5, 5.41) is 2.33. The Morgan fingerprint density at radius 2 is 1.16 bits per heavy atom. The first-order valence-corrected chi connectivity index (χ1v) is 21.3. The van der Waals surface area contributed by atoms with E-state index in [1.54, 1.807) is 0 Å². The predicted molar refractivity (Wildman–Crippen MR) is 250 cm³/mol. The molecule has 0 aliphatic carbocycles. The molecule has 0 unspecified atom stereocenters. The Kier molecular flexibility index (Phi) is 9.82. The number of para-hydroxylation sites is 1. The van der Waals surface area contributed by atoms with Crippen molar-refractivity contribution in [2.75, 3.05) is 0 Å². The number of pyridine rings is 1. The number of aromatic nitrogens is 4. The van der Waals surface area contributed by atoms with E-state index in [-0.39, 0.29) is 16.2 Å². The maximum Gasteiger partial charge on any atom is 0.269 e. The number of hydrogen-bond donors (Lipinski definition) is 0. The van der Waals surface area contributed by atoms with E-state index in [1.807, 2.05) is 6.20 Å². The minimum absolute atomic E-state index is 0.0163. The van der Waals surface area contributed by atoms with Crippen molar-refractivity contribution in [1.29, 1.82) is 0 Å². The molecule has 6 aromatic carbocycles. The van der Waals surface area contributed by atoms with Gasteiger partial charge in [0.15, 0.2) is 0 Å². The lowest BCUT2D eigenvalue weighted by Gasteiger charge is -2.27. The van der Waals surface area contributed by atoms with E-state index in [9.17, 15) is 0 Å². The molecule has 0 bridgehead atoms. The highest BCUT2D eigenvalue weighted by Crippen LogP contribution is 2.39. The average Bonchev–Trinajstić information content (AvgIpc) is 3.76. The topological polar surface area (TPSA) is 35.9 Å². The van der Waals surface area contributed by atoms with Crippen LogP contribution in [0.4, 0.5) is 0 Å². The van der Waals surface area contributed by atoms with Crippen molar-refractivity contribution in [1.82, 2.24) is 14.1 Å². The Bertz CT molecular complexity index is 3050. The Labute approximate surface area is 360 Å². The molecule has 61 heavy (non-hydrogen) atoms. The van der Waals surface area contributed by atoms with Crippen LogP contribution in [-0.4, -0.2) is 14.1 Å². The van der Waals surface area contributed by atoms with Gasteiger partial charge in [0.05, 0.1) is 33.8 Å². The van der Waals surface area contributed by atoms with E-state index >= 15 is 0 Å². The van der Waals surface area contributed by atoms with Gasteiger partial charge in [-0.25, -0.2) is 4.98 Å². The molecule has 3 heterocycles. The quantitative estimate of drug-likeness (QED) is 0.108. The summed E-state index contributed by atoms with van der Waals surface area (Å²) >= 11 is 0. The van der Waals surface area contributed by atoms with Crippen molar-refractivity contribution in [3.8, 4) is 28.7 Å². The Hall–Kier alpha value is -6.72. The molecule has 0 atom stereocenters. The second kappa shape index (κ2) is 15.1. The van der Waals surface area contributed by atoms with Crippen molar-refractivity contribution in [2.45, 2.75) is 78.6 Å².